The van der Waals surface area contributed by atoms with E-state index in [1.54, 1.807) is 6.42 Å². The third kappa shape index (κ3) is 5.54. The van der Waals surface area contributed by atoms with Gasteiger partial charge in [-0.25, -0.2) is 0 Å². The van der Waals surface area contributed by atoms with E-state index < -0.39 is 0 Å². The van der Waals surface area contributed by atoms with Gasteiger partial charge < -0.3 is 5.32 Å². The summed E-state index contributed by atoms with van der Waals surface area (Å²) in [5, 5.41) is 2.89. The van der Waals surface area contributed by atoms with Crippen LogP contribution < -0.4 is 5.32 Å². The lowest BCUT2D eigenvalue weighted by Crippen LogP contribution is -2.25. The summed E-state index contributed by atoms with van der Waals surface area (Å²) in [7, 11) is 0. The second-order valence-electron chi connectivity index (χ2n) is 4.37. The fraction of sp³-hybridized carbons (Fsp3) is 0.429. The van der Waals surface area contributed by atoms with Crippen LogP contribution in [0.4, 0.5) is 0 Å². The van der Waals surface area contributed by atoms with Crippen molar-refractivity contribution >= 4 is 5.91 Å². The maximum atomic E-state index is 11.4. The van der Waals surface area contributed by atoms with Crippen LogP contribution in [0.2, 0.25) is 0 Å². The zero-order valence-corrected chi connectivity index (χ0v) is 10.1. The number of carbonyl (C=O) groups is 1. The van der Waals surface area contributed by atoms with E-state index in [0.717, 1.165) is 13.0 Å². The molecule has 2 nitrogen and oxygen atoms in total. The Bertz CT molecular complexity index is 306. The number of nitrogens with one attached hydrogen (secondary N) is 1. The van der Waals surface area contributed by atoms with Gasteiger partial charge in [-0.15, -0.1) is 0 Å². The molecule has 1 rings (SSSR count). The highest BCUT2D eigenvalue weighted by molar-refractivity contribution is 5.84. The van der Waals surface area contributed by atoms with Gasteiger partial charge in [0.15, 0.2) is 0 Å². The van der Waals surface area contributed by atoms with Crippen LogP contribution >= 0.6 is 0 Å². The van der Waals surface area contributed by atoms with Gasteiger partial charge in [-0.05, 0) is 24.3 Å². The second kappa shape index (κ2) is 7.04. The van der Waals surface area contributed by atoms with E-state index in [2.05, 4.69) is 19.2 Å². The average Bonchev–Trinajstić information content (AvgIpc) is 2.27. The van der Waals surface area contributed by atoms with Crippen molar-refractivity contribution in [1.29, 1.82) is 0 Å². The van der Waals surface area contributed by atoms with E-state index in [0.29, 0.717) is 12.3 Å². The molecule has 0 saturated carbocycles. The summed E-state index contributed by atoms with van der Waals surface area (Å²) in [6.45, 7) is 5.07. The fourth-order valence-electron chi connectivity index (χ4n) is 1.38. The molecule has 0 fully saturated rings. The minimum absolute atomic E-state index is 0.0319. The molecule has 2 heteroatoms. The maximum absolute atomic E-state index is 11.4. The third-order valence-electron chi connectivity index (χ3n) is 2.39. The summed E-state index contributed by atoms with van der Waals surface area (Å²) in [5.74, 6) is 0.666. The summed E-state index contributed by atoms with van der Waals surface area (Å²) in [5.41, 5.74) is 1.17. The topological polar surface area (TPSA) is 29.1 Å². The maximum Gasteiger partial charge on any atom is 0.224 e. The van der Waals surface area contributed by atoms with Gasteiger partial charge in [-0.3, -0.25) is 4.79 Å². The van der Waals surface area contributed by atoms with Gasteiger partial charge in [-0.2, -0.15) is 0 Å². The van der Waals surface area contributed by atoms with E-state index in [1.165, 1.54) is 5.56 Å². The predicted molar refractivity (Wildman–Crippen MR) is 66.9 cm³/mol. The fourth-order valence-corrected chi connectivity index (χ4v) is 1.38. The van der Waals surface area contributed by atoms with Crippen molar-refractivity contribution < 1.29 is 4.79 Å². The first-order chi connectivity index (χ1) is 7.68. The quantitative estimate of drug-likeness (QED) is 0.781. The summed E-state index contributed by atoms with van der Waals surface area (Å²) >= 11 is 0. The Morgan fingerprint density at radius 2 is 2.00 bits per heavy atom. The first-order valence-electron chi connectivity index (χ1n) is 5.83. The Kier molecular flexibility index (Phi) is 5.62. The van der Waals surface area contributed by atoms with Gasteiger partial charge in [0, 0.05) is 6.54 Å². The SMILES string of the molecule is CC(C)CCNC(=O)[CH]Cc1ccccc1. The van der Waals surface area contributed by atoms with Crippen molar-refractivity contribution in [3.8, 4) is 0 Å². The van der Waals surface area contributed by atoms with Crippen LogP contribution in [0.15, 0.2) is 30.3 Å². The van der Waals surface area contributed by atoms with Crippen molar-refractivity contribution in [2.75, 3.05) is 6.54 Å². The number of hydrogen-bond donors (Lipinski definition) is 1. The van der Waals surface area contributed by atoms with Crippen LogP contribution in [0.5, 0.6) is 0 Å². The Balaban J connectivity index is 2.16. The second-order valence-corrected chi connectivity index (χ2v) is 4.37. The molecule has 0 atom stereocenters. The molecule has 0 bridgehead atoms. The van der Waals surface area contributed by atoms with E-state index in [4.69, 9.17) is 0 Å². The van der Waals surface area contributed by atoms with Crippen molar-refractivity contribution in [2.45, 2.75) is 26.7 Å². The molecule has 16 heavy (non-hydrogen) atoms. The van der Waals surface area contributed by atoms with Crippen LogP contribution in [0.3, 0.4) is 0 Å². The predicted octanol–water partition coefficient (Wildman–Crippen LogP) is 2.60. The Morgan fingerprint density at radius 3 is 2.62 bits per heavy atom. The highest BCUT2D eigenvalue weighted by Crippen LogP contribution is 2.01. The lowest BCUT2D eigenvalue weighted by Gasteiger charge is -2.06. The van der Waals surface area contributed by atoms with Gasteiger partial charge in [0.1, 0.15) is 0 Å². The number of amides is 1. The monoisotopic (exact) mass is 218 g/mol. The molecule has 0 spiro atoms. The summed E-state index contributed by atoms with van der Waals surface area (Å²) in [4.78, 5) is 11.4. The molecule has 0 heterocycles. The number of rotatable bonds is 6. The summed E-state index contributed by atoms with van der Waals surface area (Å²) in [6, 6.07) is 10.0. The highest BCUT2D eigenvalue weighted by Gasteiger charge is 2.02. The molecule has 1 radical (unpaired) electrons. The third-order valence-corrected chi connectivity index (χ3v) is 2.39. The largest absolute Gasteiger partial charge is 0.356 e. The standard InChI is InChI=1S/C14H20NO/c1-12(2)10-11-15-14(16)9-8-13-6-4-3-5-7-13/h3-7,9,12H,8,10-11H2,1-2H3,(H,15,16). The smallest absolute Gasteiger partial charge is 0.224 e. The van der Waals surface area contributed by atoms with Crippen LogP contribution in [0, 0.1) is 12.3 Å². The lowest BCUT2D eigenvalue weighted by atomic mass is 10.1. The van der Waals surface area contributed by atoms with E-state index in [9.17, 15) is 4.79 Å². The first kappa shape index (κ1) is 12.8. The minimum Gasteiger partial charge on any atom is -0.356 e. The molecule has 0 aliphatic carbocycles. The minimum atomic E-state index is 0.0319. The molecule has 1 aromatic carbocycles. The average molecular weight is 218 g/mol. The first-order valence-corrected chi connectivity index (χ1v) is 5.83. The molecular formula is C14H20NO. The van der Waals surface area contributed by atoms with Gasteiger partial charge in [0.05, 0.1) is 6.42 Å². The molecule has 1 N–H and O–H groups in total. The molecular weight excluding hydrogens is 198 g/mol. The number of hydrogen-bond acceptors (Lipinski definition) is 1. The summed E-state index contributed by atoms with van der Waals surface area (Å²) in [6.07, 6.45) is 3.44. The van der Waals surface area contributed by atoms with Gasteiger partial charge in [0.2, 0.25) is 5.91 Å². The van der Waals surface area contributed by atoms with Crippen LogP contribution in [0.25, 0.3) is 0 Å². The van der Waals surface area contributed by atoms with Gasteiger partial charge >= 0.3 is 0 Å². The molecule has 0 unspecified atom stereocenters. The van der Waals surface area contributed by atoms with E-state index in [1.807, 2.05) is 30.3 Å². The van der Waals surface area contributed by atoms with Crippen LogP contribution in [-0.2, 0) is 11.2 Å². The lowest BCUT2D eigenvalue weighted by molar-refractivity contribution is -0.117. The molecule has 0 aromatic heterocycles. The zero-order valence-electron chi connectivity index (χ0n) is 10.1. The normalized spacial score (nSPS) is 10.4. The molecule has 0 saturated heterocycles. The van der Waals surface area contributed by atoms with Crippen molar-refractivity contribution in [3.63, 3.8) is 0 Å². The van der Waals surface area contributed by atoms with Crippen molar-refractivity contribution in [3.05, 3.63) is 42.3 Å². The number of benzene rings is 1. The Morgan fingerprint density at radius 1 is 1.31 bits per heavy atom. The molecule has 1 aromatic rings. The molecule has 87 valence electrons. The van der Waals surface area contributed by atoms with Crippen molar-refractivity contribution in [1.82, 2.24) is 5.32 Å². The highest BCUT2D eigenvalue weighted by atomic mass is 16.1. The Labute approximate surface area is 98.1 Å². The number of carbonyl (C=O) groups excluding carboxylic acids is 1. The molecule has 1 amide bonds. The van der Waals surface area contributed by atoms with Crippen LogP contribution in [0.1, 0.15) is 25.8 Å². The van der Waals surface area contributed by atoms with E-state index in [-0.39, 0.29) is 5.91 Å². The van der Waals surface area contributed by atoms with E-state index >= 15 is 0 Å². The molecule has 0 aliphatic rings. The zero-order chi connectivity index (χ0) is 11.8. The van der Waals surface area contributed by atoms with Gasteiger partial charge in [-0.1, -0.05) is 44.2 Å². The summed E-state index contributed by atoms with van der Waals surface area (Å²) < 4.78 is 0. The Hall–Kier alpha value is -1.31. The molecule has 0 aliphatic heterocycles. The van der Waals surface area contributed by atoms with Crippen molar-refractivity contribution in [2.24, 2.45) is 5.92 Å². The van der Waals surface area contributed by atoms with Gasteiger partial charge in [0.25, 0.3) is 0 Å². The van der Waals surface area contributed by atoms with Crippen LogP contribution in [-0.4, -0.2) is 12.5 Å².